The summed E-state index contributed by atoms with van der Waals surface area (Å²) < 4.78 is 30.4. The molecule has 6 heteroatoms. The number of nitrogens with zero attached hydrogens (tertiary/aromatic N) is 2. The Bertz CT molecular complexity index is 273. The minimum absolute atomic E-state index is 0.147. The summed E-state index contributed by atoms with van der Waals surface area (Å²) in [7, 11) is 0. The first-order valence-electron chi connectivity index (χ1n) is 5.55. The normalized spacial score (nSPS) is 24.9. The molecule has 1 aliphatic heterocycles. The van der Waals surface area contributed by atoms with Gasteiger partial charge in [-0.3, -0.25) is 4.99 Å². The number of halogens is 2. The molecule has 0 bridgehead atoms. The first kappa shape index (κ1) is 11.6. The number of ether oxygens (including phenoxy) is 1. The molecule has 2 aliphatic rings. The minimum Gasteiger partial charge on any atom is -0.378 e. The monoisotopic (exact) mass is 233 g/mol. The summed E-state index contributed by atoms with van der Waals surface area (Å²) in [5, 5.41) is 0. The van der Waals surface area contributed by atoms with Gasteiger partial charge in [0.25, 0.3) is 0 Å². The van der Waals surface area contributed by atoms with Crippen molar-refractivity contribution in [2.45, 2.75) is 19.3 Å². The van der Waals surface area contributed by atoms with Crippen molar-refractivity contribution in [3.05, 3.63) is 0 Å². The number of hydrogen-bond donors (Lipinski definition) is 1. The third-order valence-corrected chi connectivity index (χ3v) is 3.25. The van der Waals surface area contributed by atoms with Crippen LogP contribution in [0.3, 0.4) is 0 Å². The number of morpholine rings is 1. The van der Waals surface area contributed by atoms with Crippen LogP contribution in [0.5, 0.6) is 0 Å². The molecule has 0 unspecified atom stereocenters. The molecule has 1 saturated heterocycles. The summed E-state index contributed by atoms with van der Waals surface area (Å²) in [6, 6.07) is 0. The van der Waals surface area contributed by atoms with Crippen molar-refractivity contribution in [2.24, 2.45) is 16.1 Å². The molecule has 1 aliphatic carbocycles. The van der Waals surface area contributed by atoms with E-state index in [0.29, 0.717) is 45.1 Å². The highest BCUT2D eigenvalue weighted by molar-refractivity contribution is 5.78. The lowest BCUT2D eigenvalue weighted by molar-refractivity contribution is 0.0628. The Hall–Kier alpha value is -0.910. The van der Waals surface area contributed by atoms with Crippen LogP contribution >= 0.6 is 0 Å². The SMILES string of the molecule is NC(=NCC1(C(F)F)CC1)N1CCOCC1. The van der Waals surface area contributed by atoms with Crippen LogP contribution in [-0.4, -0.2) is 50.1 Å². The molecule has 0 radical (unpaired) electrons. The molecule has 0 atom stereocenters. The van der Waals surface area contributed by atoms with Crippen molar-refractivity contribution in [3.63, 3.8) is 0 Å². The van der Waals surface area contributed by atoms with Gasteiger partial charge < -0.3 is 15.4 Å². The van der Waals surface area contributed by atoms with Crippen LogP contribution in [0.25, 0.3) is 0 Å². The van der Waals surface area contributed by atoms with Crippen molar-refractivity contribution in [1.82, 2.24) is 4.90 Å². The Kier molecular flexibility index (Phi) is 3.28. The zero-order valence-electron chi connectivity index (χ0n) is 9.16. The van der Waals surface area contributed by atoms with E-state index >= 15 is 0 Å². The molecular weight excluding hydrogens is 216 g/mol. The topological polar surface area (TPSA) is 50.8 Å². The highest BCUT2D eigenvalue weighted by Gasteiger charge is 2.50. The van der Waals surface area contributed by atoms with Crippen LogP contribution in [0.1, 0.15) is 12.8 Å². The second-order valence-corrected chi connectivity index (χ2v) is 4.44. The Morgan fingerprint density at radius 3 is 2.50 bits per heavy atom. The van der Waals surface area contributed by atoms with Crippen LogP contribution < -0.4 is 5.73 Å². The van der Waals surface area contributed by atoms with Gasteiger partial charge >= 0.3 is 0 Å². The molecule has 0 aromatic rings. The molecule has 16 heavy (non-hydrogen) atoms. The number of nitrogens with two attached hydrogens (primary N) is 1. The third-order valence-electron chi connectivity index (χ3n) is 3.25. The predicted molar refractivity (Wildman–Crippen MR) is 56.6 cm³/mol. The zero-order chi connectivity index (χ0) is 11.6. The van der Waals surface area contributed by atoms with Gasteiger partial charge in [-0.2, -0.15) is 0 Å². The Labute approximate surface area is 93.5 Å². The molecule has 2 rings (SSSR count). The van der Waals surface area contributed by atoms with Crippen molar-refractivity contribution < 1.29 is 13.5 Å². The molecule has 0 aromatic carbocycles. The van der Waals surface area contributed by atoms with Crippen LogP contribution in [0.4, 0.5) is 8.78 Å². The molecule has 2 N–H and O–H groups in total. The second-order valence-electron chi connectivity index (χ2n) is 4.44. The molecule has 1 heterocycles. The summed E-state index contributed by atoms with van der Waals surface area (Å²) in [4.78, 5) is 5.97. The molecule has 0 spiro atoms. The standard InChI is InChI=1S/C10H17F2N3O/c11-8(12)10(1-2-10)7-14-9(13)15-3-5-16-6-4-15/h8H,1-7H2,(H2,13,14). The predicted octanol–water partition coefficient (Wildman–Crippen LogP) is 0.679. The Morgan fingerprint density at radius 1 is 1.38 bits per heavy atom. The van der Waals surface area contributed by atoms with Crippen molar-refractivity contribution in [1.29, 1.82) is 0 Å². The van der Waals surface area contributed by atoms with E-state index in [9.17, 15) is 8.78 Å². The largest absolute Gasteiger partial charge is 0.378 e. The molecule has 0 amide bonds. The lowest BCUT2D eigenvalue weighted by atomic mass is 10.1. The molecule has 0 aromatic heterocycles. The fraction of sp³-hybridized carbons (Fsp3) is 0.900. The van der Waals surface area contributed by atoms with Crippen molar-refractivity contribution in [3.8, 4) is 0 Å². The minimum atomic E-state index is -2.28. The number of aliphatic imine (C=N–C) groups is 1. The Balaban J connectivity index is 1.86. The van der Waals surface area contributed by atoms with Crippen LogP contribution in [0, 0.1) is 5.41 Å². The molecule has 4 nitrogen and oxygen atoms in total. The van der Waals surface area contributed by atoms with Gasteiger partial charge in [-0.25, -0.2) is 8.78 Å². The van der Waals surface area contributed by atoms with E-state index in [4.69, 9.17) is 10.5 Å². The van der Waals surface area contributed by atoms with Gasteiger partial charge in [0.05, 0.1) is 25.2 Å². The van der Waals surface area contributed by atoms with Crippen LogP contribution in [0.2, 0.25) is 0 Å². The van der Waals surface area contributed by atoms with Gasteiger partial charge in [0, 0.05) is 13.1 Å². The lowest BCUT2D eigenvalue weighted by Crippen LogP contribution is -2.45. The van der Waals surface area contributed by atoms with Crippen molar-refractivity contribution >= 4 is 5.96 Å². The number of guanidine groups is 1. The van der Waals surface area contributed by atoms with E-state index in [1.165, 1.54) is 0 Å². The van der Waals surface area contributed by atoms with Gasteiger partial charge in [0.2, 0.25) is 6.43 Å². The summed E-state index contributed by atoms with van der Waals surface area (Å²) in [5.74, 6) is 0.371. The first-order chi connectivity index (χ1) is 7.64. The summed E-state index contributed by atoms with van der Waals surface area (Å²) in [6.07, 6.45) is -1.16. The van der Waals surface area contributed by atoms with E-state index < -0.39 is 11.8 Å². The average molecular weight is 233 g/mol. The number of hydrogen-bond acceptors (Lipinski definition) is 2. The molecular formula is C10H17F2N3O. The van der Waals surface area contributed by atoms with E-state index in [-0.39, 0.29) is 6.54 Å². The summed E-state index contributed by atoms with van der Waals surface area (Å²) in [5.41, 5.74) is 4.88. The maximum Gasteiger partial charge on any atom is 0.245 e. The highest BCUT2D eigenvalue weighted by Crippen LogP contribution is 2.50. The van der Waals surface area contributed by atoms with Crippen LogP contribution in [-0.2, 0) is 4.74 Å². The smallest absolute Gasteiger partial charge is 0.245 e. The first-order valence-corrected chi connectivity index (χ1v) is 5.55. The van der Waals surface area contributed by atoms with E-state index in [0.717, 1.165) is 0 Å². The summed E-state index contributed by atoms with van der Waals surface area (Å²) >= 11 is 0. The van der Waals surface area contributed by atoms with Gasteiger partial charge in [-0.15, -0.1) is 0 Å². The van der Waals surface area contributed by atoms with Gasteiger partial charge in [-0.05, 0) is 12.8 Å². The van der Waals surface area contributed by atoms with Gasteiger partial charge in [0.15, 0.2) is 5.96 Å². The van der Waals surface area contributed by atoms with Gasteiger partial charge in [-0.1, -0.05) is 0 Å². The van der Waals surface area contributed by atoms with E-state index in [2.05, 4.69) is 4.99 Å². The van der Waals surface area contributed by atoms with E-state index in [1.54, 1.807) is 0 Å². The molecule has 1 saturated carbocycles. The molecule has 2 fully saturated rings. The quantitative estimate of drug-likeness (QED) is 0.576. The van der Waals surface area contributed by atoms with Crippen molar-refractivity contribution in [2.75, 3.05) is 32.8 Å². The third kappa shape index (κ3) is 2.42. The average Bonchev–Trinajstić information content (AvgIpc) is 3.08. The maximum absolute atomic E-state index is 12.6. The van der Waals surface area contributed by atoms with Crippen LogP contribution in [0.15, 0.2) is 4.99 Å². The fourth-order valence-corrected chi connectivity index (χ4v) is 1.74. The lowest BCUT2D eigenvalue weighted by Gasteiger charge is -2.27. The zero-order valence-corrected chi connectivity index (χ0v) is 9.16. The molecule has 92 valence electrons. The second kappa shape index (κ2) is 4.53. The van der Waals surface area contributed by atoms with Gasteiger partial charge in [0.1, 0.15) is 0 Å². The fourth-order valence-electron chi connectivity index (χ4n) is 1.74. The maximum atomic E-state index is 12.6. The highest BCUT2D eigenvalue weighted by atomic mass is 19.3. The number of alkyl halides is 2. The Morgan fingerprint density at radius 2 is 2.00 bits per heavy atom. The summed E-state index contributed by atoms with van der Waals surface area (Å²) in [6.45, 7) is 2.77. The van der Waals surface area contributed by atoms with E-state index in [1.807, 2.05) is 4.90 Å². The number of rotatable bonds is 3.